The van der Waals surface area contributed by atoms with Crippen LogP contribution in [0.3, 0.4) is 0 Å². The van der Waals surface area contributed by atoms with Crippen molar-refractivity contribution in [3.8, 4) is 5.75 Å². The summed E-state index contributed by atoms with van der Waals surface area (Å²) in [5.74, 6) is 0.176. The first-order valence-electron chi connectivity index (χ1n) is 8.62. The molecule has 1 aliphatic rings. The SMILES string of the molecule is O=C(CCc1cccc(O)c1)N1CCN(Cc2ccc(F)cc2)CC1. The molecule has 3 rings (SSSR count). The highest BCUT2D eigenvalue weighted by Gasteiger charge is 2.20. The van der Waals surface area contributed by atoms with E-state index in [0.29, 0.717) is 12.8 Å². The molecule has 0 saturated carbocycles. The number of hydrogen-bond donors (Lipinski definition) is 1. The van der Waals surface area contributed by atoms with Gasteiger partial charge in [0, 0.05) is 39.1 Å². The van der Waals surface area contributed by atoms with Crippen LogP contribution in [0.4, 0.5) is 4.39 Å². The van der Waals surface area contributed by atoms with Gasteiger partial charge in [-0.3, -0.25) is 9.69 Å². The topological polar surface area (TPSA) is 43.8 Å². The third-order valence-corrected chi connectivity index (χ3v) is 4.58. The predicted molar refractivity (Wildman–Crippen MR) is 94.7 cm³/mol. The van der Waals surface area contributed by atoms with Crippen molar-refractivity contribution in [3.63, 3.8) is 0 Å². The minimum Gasteiger partial charge on any atom is -0.508 e. The Balaban J connectivity index is 1.43. The number of phenols is 1. The summed E-state index contributed by atoms with van der Waals surface area (Å²) in [6.45, 7) is 3.89. The molecule has 2 aromatic rings. The fourth-order valence-electron chi connectivity index (χ4n) is 3.12. The van der Waals surface area contributed by atoms with Crippen LogP contribution in [0.15, 0.2) is 48.5 Å². The molecule has 4 nitrogen and oxygen atoms in total. The molecule has 1 saturated heterocycles. The lowest BCUT2D eigenvalue weighted by Crippen LogP contribution is -2.48. The molecule has 0 unspecified atom stereocenters. The molecule has 0 aliphatic carbocycles. The quantitative estimate of drug-likeness (QED) is 0.909. The van der Waals surface area contributed by atoms with Crippen LogP contribution < -0.4 is 0 Å². The van der Waals surface area contributed by atoms with Crippen molar-refractivity contribution in [2.24, 2.45) is 0 Å². The minimum absolute atomic E-state index is 0.157. The molecule has 25 heavy (non-hydrogen) atoms. The third kappa shape index (κ3) is 5.03. The summed E-state index contributed by atoms with van der Waals surface area (Å²) < 4.78 is 13.0. The molecule has 5 heteroatoms. The third-order valence-electron chi connectivity index (χ3n) is 4.58. The van der Waals surface area contributed by atoms with E-state index in [2.05, 4.69) is 4.90 Å². The molecule has 0 atom stereocenters. The van der Waals surface area contributed by atoms with E-state index in [9.17, 15) is 14.3 Å². The Kier molecular flexibility index (Phi) is 5.66. The smallest absolute Gasteiger partial charge is 0.222 e. The highest BCUT2D eigenvalue weighted by molar-refractivity contribution is 5.76. The van der Waals surface area contributed by atoms with Crippen molar-refractivity contribution in [1.82, 2.24) is 9.80 Å². The summed E-state index contributed by atoms with van der Waals surface area (Å²) >= 11 is 0. The largest absolute Gasteiger partial charge is 0.508 e. The van der Waals surface area contributed by atoms with Gasteiger partial charge in [0.05, 0.1) is 0 Å². The van der Waals surface area contributed by atoms with Gasteiger partial charge in [-0.15, -0.1) is 0 Å². The zero-order valence-corrected chi connectivity index (χ0v) is 14.2. The molecule has 1 fully saturated rings. The molecule has 0 aromatic heterocycles. The average molecular weight is 342 g/mol. The Morgan fingerprint density at radius 2 is 1.72 bits per heavy atom. The van der Waals surface area contributed by atoms with E-state index in [0.717, 1.165) is 43.9 Å². The standard InChI is InChI=1S/C20H23FN2O2/c21-18-7-4-17(5-8-18)15-22-10-12-23(13-11-22)20(25)9-6-16-2-1-3-19(24)14-16/h1-5,7-8,14,24H,6,9-13,15H2. The van der Waals surface area contributed by atoms with Gasteiger partial charge in [-0.05, 0) is 41.8 Å². The van der Waals surface area contributed by atoms with Crippen LogP contribution >= 0.6 is 0 Å². The fraction of sp³-hybridized carbons (Fsp3) is 0.350. The lowest BCUT2D eigenvalue weighted by Gasteiger charge is -2.34. The Morgan fingerprint density at radius 1 is 1.00 bits per heavy atom. The molecule has 0 radical (unpaired) electrons. The molecule has 0 spiro atoms. The lowest BCUT2D eigenvalue weighted by molar-refractivity contribution is -0.133. The van der Waals surface area contributed by atoms with Gasteiger partial charge in [0.25, 0.3) is 0 Å². The summed E-state index contributed by atoms with van der Waals surface area (Å²) in [6, 6.07) is 13.6. The highest BCUT2D eigenvalue weighted by Crippen LogP contribution is 2.14. The molecule has 1 N–H and O–H groups in total. The summed E-state index contributed by atoms with van der Waals surface area (Å²) in [7, 11) is 0. The van der Waals surface area contributed by atoms with E-state index in [1.807, 2.05) is 23.1 Å². The van der Waals surface area contributed by atoms with E-state index >= 15 is 0 Å². The van der Waals surface area contributed by atoms with Crippen molar-refractivity contribution in [1.29, 1.82) is 0 Å². The number of rotatable bonds is 5. The zero-order chi connectivity index (χ0) is 17.6. The summed E-state index contributed by atoms with van der Waals surface area (Å²) in [5.41, 5.74) is 2.06. The normalized spacial score (nSPS) is 15.3. The number of carbonyl (C=O) groups is 1. The second-order valence-corrected chi connectivity index (χ2v) is 6.45. The van der Waals surface area contributed by atoms with Crippen molar-refractivity contribution >= 4 is 5.91 Å². The number of phenolic OH excluding ortho intramolecular Hbond substituents is 1. The Morgan fingerprint density at radius 3 is 2.40 bits per heavy atom. The zero-order valence-electron chi connectivity index (χ0n) is 14.2. The number of halogens is 1. The average Bonchev–Trinajstić information content (AvgIpc) is 2.62. The van der Waals surface area contributed by atoms with Crippen LogP contribution in [0.5, 0.6) is 5.75 Å². The molecule has 2 aromatic carbocycles. The number of nitrogens with zero attached hydrogens (tertiary/aromatic N) is 2. The summed E-state index contributed by atoms with van der Waals surface area (Å²) in [6.07, 6.45) is 1.10. The van der Waals surface area contributed by atoms with E-state index in [1.165, 1.54) is 12.1 Å². The number of aryl methyl sites for hydroxylation is 1. The van der Waals surface area contributed by atoms with Gasteiger partial charge in [-0.2, -0.15) is 0 Å². The van der Waals surface area contributed by atoms with Gasteiger partial charge in [0.2, 0.25) is 5.91 Å². The maximum Gasteiger partial charge on any atom is 0.222 e. The molecular formula is C20H23FN2O2. The van der Waals surface area contributed by atoms with Gasteiger partial charge in [0.1, 0.15) is 11.6 Å². The first-order valence-corrected chi connectivity index (χ1v) is 8.62. The Bertz CT molecular complexity index is 710. The van der Waals surface area contributed by atoms with E-state index < -0.39 is 0 Å². The van der Waals surface area contributed by atoms with Crippen molar-refractivity contribution in [2.45, 2.75) is 19.4 Å². The van der Waals surface area contributed by atoms with Crippen LogP contribution in [-0.2, 0) is 17.8 Å². The number of aromatic hydroxyl groups is 1. The second-order valence-electron chi connectivity index (χ2n) is 6.45. The molecule has 1 amide bonds. The molecular weight excluding hydrogens is 319 g/mol. The van der Waals surface area contributed by atoms with Crippen molar-refractivity contribution in [3.05, 3.63) is 65.5 Å². The van der Waals surface area contributed by atoms with E-state index in [4.69, 9.17) is 0 Å². The molecule has 1 heterocycles. The number of amides is 1. The first-order chi connectivity index (χ1) is 12.1. The van der Waals surface area contributed by atoms with Gasteiger partial charge < -0.3 is 10.0 Å². The van der Waals surface area contributed by atoms with Crippen LogP contribution in [0, 0.1) is 5.82 Å². The Labute approximate surface area is 147 Å². The minimum atomic E-state index is -0.217. The number of piperazine rings is 1. The summed E-state index contributed by atoms with van der Waals surface area (Å²) in [4.78, 5) is 16.6. The highest BCUT2D eigenvalue weighted by atomic mass is 19.1. The van der Waals surface area contributed by atoms with Crippen molar-refractivity contribution in [2.75, 3.05) is 26.2 Å². The number of benzene rings is 2. The molecule has 0 bridgehead atoms. The predicted octanol–water partition coefficient (Wildman–Crippen LogP) is 2.81. The van der Waals surface area contributed by atoms with Crippen LogP contribution in [0.25, 0.3) is 0 Å². The number of carbonyl (C=O) groups excluding carboxylic acids is 1. The second kappa shape index (κ2) is 8.12. The maximum atomic E-state index is 13.0. The maximum absolute atomic E-state index is 13.0. The Hall–Kier alpha value is -2.40. The van der Waals surface area contributed by atoms with E-state index in [-0.39, 0.29) is 17.5 Å². The van der Waals surface area contributed by atoms with Gasteiger partial charge in [0.15, 0.2) is 0 Å². The first kappa shape index (κ1) is 17.4. The van der Waals surface area contributed by atoms with Gasteiger partial charge in [-0.1, -0.05) is 24.3 Å². The van der Waals surface area contributed by atoms with Gasteiger partial charge >= 0.3 is 0 Å². The van der Waals surface area contributed by atoms with Crippen LogP contribution in [0.1, 0.15) is 17.5 Å². The molecule has 1 aliphatic heterocycles. The molecule has 132 valence electrons. The van der Waals surface area contributed by atoms with Gasteiger partial charge in [-0.25, -0.2) is 4.39 Å². The fourth-order valence-corrected chi connectivity index (χ4v) is 3.12. The van der Waals surface area contributed by atoms with Crippen LogP contribution in [-0.4, -0.2) is 47.0 Å². The lowest BCUT2D eigenvalue weighted by atomic mass is 10.1. The van der Waals surface area contributed by atoms with Crippen LogP contribution in [0.2, 0.25) is 0 Å². The summed E-state index contributed by atoms with van der Waals surface area (Å²) in [5, 5.41) is 9.47. The monoisotopic (exact) mass is 342 g/mol. The van der Waals surface area contributed by atoms with E-state index in [1.54, 1.807) is 18.2 Å². The van der Waals surface area contributed by atoms with Crippen molar-refractivity contribution < 1.29 is 14.3 Å². The number of hydrogen-bond acceptors (Lipinski definition) is 3.